The van der Waals surface area contributed by atoms with Gasteiger partial charge in [0.25, 0.3) is 0 Å². The Bertz CT molecular complexity index is 386. The number of carbonyl (C=O) groups is 1. The van der Waals surface area contributed by atoms with Crippen molar-refractivity contribution in [2.75, 3.05) is 6.54 Å². The Kier molecular flexibility index (Phi) is 7.27. The summed E-state index contributed by atoms with van der Waals surface area (Å²) in [5, 5.41) is 14.3. The molecule has 6 heteroatoms. The first-order valence-electron chi connectivity index (χ1n) is 9.17. The van der Waals surface area contributed by atoms with E-state index in [4.69, 9.17) is 4.74 Å². The Morgan fingerprint density at radius 1 is 1.13 bits per heavy atom. The van der Waals surface area contributed by atoms with E-state index in [1.54, 1.807) is 0 Å². The number of ether oxygens (including phenoxy) is 1. The number of rotatable bonds is 7. The fourth-order valence-corrected chi connectivity index (χ4v) is 3.65. The fourth-order valence-electron chi connectivity index (χ4n) is 3.65. The van der Waals surface area contributed by atoms with Crippen LogP contribution < -0.4 is 5.32 Å². The molecule has 6 nitrogen and oxygen atoms in total. The monoisotopic (exact) mass is 326 g/mol. The van der Waals surface area contributed by atoms with Crippen LogP contribution >= 0.6 is 0 Å². The van der Waals surface area contributed by atoms with E-state index >= 15 is 0 Å². The molecule has 2 saturated carbocycles. The zero-order valence-corrected chi connectivity index (χ0v) is 14.2. The Balaban J connectivity index is 1.64. The molecule has 0 radical (unpaired) electrons. The topological polar surface area (TPSA) is 81.5 Å². The molecule has 0 aromatic rings. The maximum Gasteiger partial charge on any atom is 0.309 e. The van der Waals surface area contributed by atoms with Crippen molar-refractivity contribution in [3.63, 3.8) is 0 Å². The summed E-state index contributed by atoms with van der Waals surface area (Å²) in [6, 6.07) is 0.0933. The normalized spacial score (nSPS) is 31.5. The second-order valence-corrected chi connectivity index (χ2v) is 7.01. The Labute approximate surface area is 138 Å². The molecule has 23 heavy (non-hydrogen) atoms. The average molecular weight is 326 g/mol. The van der Waals surface area contributed by atoms with Gasteiger partial charge in [0, 0.05) is 23.8 Å². The Hall–Kier alpha value is -1.17. The summed E-state index contributed by atoms with van der Waals surface area (Å²) in [6.45, 7) is 3.27. The van der Waals surface area contributed by atoms with Crippen LogP contribution in [0, 0.1) is 16.0 Å². The van der Waals surface area contributed by atoms with Gasteiger partial charge in [0.1, 0.15) is 6.10 Å². The van der Waals surface area contributed by atoms with Crippen molar-refractivity contribution in [3.05, 3.63) is 10.1 Å². The van der Waals surface area contributed by atoms with Crippen molar-refractivity contribution < 1.29 is 14.5 Å². The van der Waals surface area contributed by atoms with Crippen LogP contribution in [0.5, 0.6) is 0 Å². The van der Waals surface area contributed by atoms with Gasteiger partial charge in [-0.2, -0.15) is 0 Å². The maximum atomic E-state index is 12.2. The van der Waals surface area contributed by atoms with Gasteiger partial charge in [-0.05, 0) is 51.5 Å². The van der Waals surface area contributed by atoms with Crippen LogP contribution in [-0.2, 0) is 9.53 Å². The smallest absolute Gasteiger partial charge is 0.309 e. The minimum Gasteiger partial charge on any atom is -0.462 e. The summed E-state index contributed by atoms with van der Waals surface area (Å²) < 4.78 is 5.66. The van der Waals surface area contributed by atoms with Crippen molar-refractivity contribution in [2.24, 2.45) is 5.92 Å². The molecular formula is C17H30N2O4. The third kappa shape index (κ3) is 5.75. The van der Waals surface area contributed by atoms with E-state index in [9.17, 15) is 14.9 Å². The zero-order valence-electron chi connectivity index (χ0n) is 14.2. The van der Waals surface area contributed by atoms with E-state index in [1.165, 1.54) is 12.8 Å². The molecular weight excluding hydrogens is 296 g/mol. The van der Waals surface area contributed by atoms with E-state index in [-0.39, 0.29) is 22.9 Å². The van der Waals surface area contributed by atoms with E-state index in [2.05, 4.69) is 12.2 Å². The van der Waals surface area contributed by atoms with Crippen molar-refractivity contribution in [3.8, 4) is 0 Å². The van der Waals surface area contributed by atoms with E-state index < -0.39 is 6.04 Å². The highest BCUT2D eigenvalue weighted by Crippen LogP contribution is 2.29. The number of carbonyl (C=O) groups excluding carboxylic acids is 1. The quantitative estimate of drug-likeness (QED) is 0.336. The van der Waals surface area contributed by atoms with Crippen LogP contribution in [0.3, 0.4) is 0 Å². The van der Waals surface area contributed by atoms with Gasteiger partial charge in [-0.1, -0.05) is 13.3 Å². The Morgan fingerprint density at radius 3 is 2.35 bits per heavy atom. The number of nitrogens with one attached hydrogen (secondary N) is 1. The van der Waals surface area contributed by atoms with Gasteiger partial charge in [0.05, 0.1) is 5.92 Å². The van der Waals surface area contributed by atoms with Crippen LogP contribution in [-0.4, -0.2) is 35.6 Å². The predicted octanol–water partition coefficient (Wildman–Crippen LogP) is 3.07. The SMILES string of the molecule is CCCCNC1CCC(OC(=O)C2CCC([N+](=O)[O-])CC2)CC1. The van der Waals surface area contributed by atoms with Gasteiger partial charge in [-0.3, -0.25) is 14.9 Å². The van der Waals surface area contributed by atoms with E-state index in [0.717, 1.165) is 32.2 Å². The minimum atomic E-state index is -0.469. The molecule has 0 atom stereocenters. The second kappa shape index (κ2) is 9.21. The molecule has 0 aliphatic heterocycles. The second-order valence-electron chi connectivity index (χ2n) is 7.01. The largest absolute Gasteiger partial charge is 0.462 e. The van der Waals surface area contributed by atoms with Crippen molar-refractivity contribution in [1.82, 2.24) is 5.32 Å². The standard InChI is InChI=1S/C17H30N2O4/c1-2-3-12-18-14-6-10-16(11-7-14)23-17(20)13-4-8-15(9-5-13)19(21)22/h13-16,18H,2-12H2,1H3. The van der Waals surface area contributed by atoms with Gasteiger partial charge in [-0.25, -0.2) is 0 Å². The van der Waals surface area contributed by atoms with Crippen LogP contribution in [0.4, 0.5) is 0 Å². The van der Waals surface area contributed by atoms with Gasteiger partial charge in [-0.15, -0.1) is 0 Å². The van der Waals surface area contributed by atoms with Crippen molar-refractivity contribution in [2.45, 2.75) is 89.3 Å². The summed E-state index contributed by atoms with van der Waals surface area (Å²) in [4.78, 5) is 22.8. The molecule has 0 saturated heterocycles. The average Bonchev–Trinajstić information content (AvgIpc) is 2.56. The molecule has 0 aromatic carbocycles. The van der Waals surface area contributed by atoms with Crippen molar-refractivity contribution in [1.29, 1.82) is 0 Å². The first kappa shape index (κ1) is 18.2. The molecule has 1 N–H and O–H groups in total. The van der Waals surface area contributed by atoms with Gasteiger partial charge in [0.15, 0.2) is 0 Å². The number of unbranched alkanes of at least 4 members (excludes halogenated alkanes) is 1. The summed E-state index contributed by atoms with van der Waals surface area (Å²) in [5.41, 5.74) is 0. The first-order chi connectivity index (χ1) is 11.1. The van der Waals surface area contributed by atoms with Crippen LogP contribution in [0.1, 0.15) is 71.1 Å². The lowest BCUT2D eigenvalue weighted by atomic mass is 9.86. The molecule has 0 amide bonds. The van der Waals surface area contributed by atoms with Gasteiger partial charge in [0.2, 0.25) is 6.04 Å². The fraction of sp³-hybridized carbons (Fsp3) is 0.941. The molecule has 0 unspecified atom stereocenters. The molecule has 2 aliphatic rings. The highest BCUT2D eigenvalue weighted by Gasteiger charge is 2.34. The number of hydrogen-bond acceptors (Lipinski definition) is 5. The van der Waals surface area contributed by atoms with E-state index in [0.29, 0.717) is 31.7 Å². The number of hydrogen-bond donors (Lipinski definition) is 1. The lowest BCUT2D eigenvalue weighted by Gasteiger charge is -2.31. The minimum absolute atomic E-state index is 0.0416. The molecule has 0 heterocycles. The summed E-state index contributed by atoms with van der Waals surface area (Å²) in [5.74, 6) is -0.263. The molecule has 0 bridgehead atoms. The molecule has 2 aliphatic carbocycles. The van der Waals surface area contributed by atoms with Crippen molar-refractivity contribution >= 4 is 5.97 Å². The molecule has 2 rings (SSSR count). The maximum absolute atomic E-state index is 12.2. The van der Waals surface area contributed by atoms with E-state index in [1.807, 2.05) is 0 Å². The third-order valence-corrected chi connectivity index (χ3v) is 5.25. The van der Waals surface area contributed by atoms with Gasteiger partial charge < -0.3 is 10.1 Å². The Morgan fingerprint density at radius 2 is 1.78 bits per heavy atom. The zero-order chi connectivity index (χ0) is 16.7. The lowest BCUT2D eigenvalue weighted by molar-refractivity contribution is -0.526. The first-order valence-corrected chi connectivity index (χ1v) is 9.17. The van der Waals surface area contributed by atoms with Crippen LogP contribution in [0.15, 0.2) is 0 Å². The summed E-state index contributed by atoms with van der Waals surface area (Å²) in [6.07, 6.45) is 8.64. The number of nitro groups is 1. The molecule has 2 fully saturated rings. The number of nitrogens with zero attached hydrogens (tertiary/aromatic N) is 1. The van der Waals surface area contributed by atoms with Crippen LogP contribution in [0.2, 0.25) is 0 Å². The highest BCUT2D eigenvalue weighted by atomic mass is 16.6. The molecule has 0 aromatic heterocycles. The summed E-state index contributed by atoms with van der Waals surface area (Å²) >= 11 is 0. The predicted molar refractivity (Wildman–Crippen MR) is 87.8 cm³/mol. The number of esters is 1. The highest BCUT2D eigenvalue weighted by molar-refractivity contribution is 5.72. The van der Waals surface area contributed by atoms with Gasteiger partial charge >= 0.3 is 5.97 Å². The van der Waals surface area contributed by atoms with Crippen LogP contribution in [0.25, 0.3) is 0 Å². The third-order valence-electron chi connectivity index (χ3n) is 5.25. The molecule has 132 valence electrons. The lowest BCUT2D eigenvalue weighted by Crippen LogP contribution is -2.37. The summed E-state index contributed by atoms with van der Waals surface area (Å²) in [7, 11) is 0. The molecule has 0 spiro atoms.